The Morgan fingerprint density at radius 1 is 1.53 bits per heavy atom. The second kappa shape index (κ2) is 4.44. The summed E-state index contributed by atoms with van der Waals surface area (Å²) in [4.78, 5) is 10.4. The van der Waals surface area contributed by atoms with Gasteiger partial charge in [-0.1, -0.05) is 0 Å². The van der Waals surface area contributed by atoms with E-state index in [0.717, 1.165) is 31.7 Å². The third kappa shape index (κ3) is 2.36. The van der Waals surface area contributed by atoms with Crippen molar-refractivity contribution in [1.82, 2.24) is 9.97 Å². The van der Waals surface area contributed by atoms with Crippen molar-refractivity contribution in [3.05, 3.63) is 12.4 Å². The zero-order valence-corrected chi connectivity index (χ0v) is 8.63. The van der Waals surface area contributed by atoms with Crippen molar-refractivity contribution >= 4 is 11.6 Å². The van der Waals surface area contributed by atoms with E-state index in [1.165, 1.54) is 6.20 Å². The van der Waals surface area contributed by atoms with Gasteiger partial charge in [0.15, 0.2) is 0 Å². The Morgan fingerprint density at radius 3 is 3.13 bits per heavy atom. The van der Waals surface area contributed by atoms with Gasteiger partial charge >= 0.3 is 0 Å². The highest BCUT2D eigenvalue weighted by molar-refractivity contribution is 5.41. The third-order valence-corrected chi connectivity index (χ3v) is 2.74. The van der Waals surface area contributed by atoms with Crippen molar-refractivity contribution in [2.75, 3.05) is 30.3 Å². The Balaban J connectivity index is 2.09. The van der Waals surface area contributed by atoms with Crippen LogP contribution in [-0.2, 0) is 0 Å². The summed E-state index contributed by atoms with van der Waals surface area (Å²) in [6.45, 7) is 2.05. The molecule has 1 aliphatic heterocycles. The first-order valence-corrected chi connectivity index (χ1v) is 5.23. The van der Waals surface area contributed by atoms with Crippen LogP contribution in [-0.4, -0.2) is 34.8 Å². The number of aliphatic hydroxyl groups excluding tert-OH is 1. The standard InChI is InChI=1S/C10H16N4O/c11-9-4-12-5-10(13-9)14-3-1-2-8(6-14)7-15/h4-5,8,15H,1-3,6-7H2,(H2,11,13). The number of hydrogen-bond acceptors (Lipinski definition) is 5. The first-order valence-electron chi connectivity index (χ1n) is 5.23. The molecule has 15 heavy (non-hydrogen) atoms. The maximum atomic E-state index is 9.12. The molecule has 1 atom stereocenters. The largest absolute Gasteiger partial charge is 0.396 e. The number of anilines is 2. The van der Waals surface area contributed by atoms with Crippen LogP contribution in [0.1, 0.15) is 12.8 Å². The smallest absolute Gasteiger partial charge is 0.149 e. The zero-order chi connectivity index (χ0) is 10.7. The summed E-state index contributed by atoms with van der Waals surface area (Å²) in [5, 5.41) is 9.12. The lowest BCUT2D eigenvalue weighted by molar-refractivity contribution is 0.208. The van der Waals surface area contributed by atoms with Gasteiger partial charge in [0.1, 0.15) is 11.6 Å². The number of aliphatic hydroxyl groups is 1. The zero-order valence-electron chi connectivity index (χ0n) is 8.63. The molecule has 0 bridgehead atoms. The van der Waals surface area contributed by atoms with Gasteiger partial charge in [-0.2, -0.15) is 0 Å². The molecule has 0 aromatic carbocycles. The Labute approximate surface area is 88.9 Å². The van der Waals surface area contributed by atoms with Gasteiger partial charge in [-0.05, 0) is 18.8 Å². The topological polar surface area (TPSA) is 75.3 Å². The molecule has 5 heteroatoms. The maximum absolute atomic E-state index is 9.12. The predicted molar refractivity (Wildman–Crippen MR) is 58.5 cm³/mol. The Bertz CT molecular complexity index is 331. The van der Waals surface area contributed by atoms with Crippen LogP contribution in [0.25, 0.3) is 0 Å². The highest BCUT2D eigenvalue weighted by Crippen LogP contribution is 2.20. The fraction of sp³-hybridized carbons (Fsp3) is 0.600. The summed E-state index contributed by atoms with van der Waals surface area (Å²) in [7, 11) is 0. The highest BCUT2D eigenvalue weighted by atomic mass is 16.3. The fourth-order valence-electron chi connectivity index (χ4n) is 1.94. The minimum absolute atomic E-state index is 0.242. The molecule has 82 valence electrons. The molecule has 2 rings (SSSR count). The molecule has 0 radical (unpaired) electrons. The Morgan fingerprint density at radius 2 is 2.40 bits per heavy atom. The van der Waals surface area contributed by atoms with E-state index in [1.54, 1.807) is 6.20 Å². The number of rotatable bonds is 2. The molecule has 1 fully saturated rings. The van der Waals surface area contributed by atoms with Gasteiger partial charge in [0, 0.05) is 19.7 Å². The minimum atomic E-state index is 0.242. The quantitative estimate of drug-likeness (QED) is 0.729. The van der Waals surface area contributed by atoms with Crippen LogP contribution in [0.5, 0.6) is 0 Å². The number of piperidine rings is 1. The highest BCUT2D eigenvalue weighted by Gasteiger charge is 2.20. The van der Waals surface area contributed by atoms with Gasteiger partial charge < -0.3 is 15.7 Å². The lowest BCUT2D eigenvalue weighted by atomic mass is 9.99. The van der Waals surface area contributed by atoms with Gasteiger partial charge in [-0.3, -0.25) is 4.98 Å². The molecule has 5 nitrogen and oxygen atoms in total. The number of nitrogens with zero attached hydrogens (tertiary/aromatic N) is 3. The van der Waals surface area contributed by atoms with Crippen LogP contribution >= 0.6 is 0 Å². The molecule has 1 aromatic heterocycles. The summed E-state index contributed by atoms with van der Waals surface area (Å²) in [6, 6.07) is 0. The van der Waals surface area contributed by atoms with Crippen molar-refractivity contribution in [2.24, 2.45) is 5.92 Å². The first-order chi connectivity index (χ1) is 7.29. The Kier molecular flexibility index (Phi) is 3.01. The van der Waals surface area contributed by atoms with Crippen molar-refractivity contribution in [1.29, 1.82) is 0 Å². The minimum Gasteiger partial charge on any atom is -0.396 e. The van der Waals surface area contributed by atoms with E-state index in [0.29, 0.717) is 11.7 Å². The second-order valence-electron chi connectivity index (χ2n) is 3.94. The molecule has 0 aliphatic carbocycles. The molecule has 1 aliphatic rings. The molecule has 2 heterocycles. The lowest BCUT2D eigenvalue weighted by Gasteiger charge is -2.32. The molecule has 1 saturated heterocycles. The number of hydrogen-bond donors (Lipinski definition) is 2. The number of nitrogen functional groups attached to an aromatic ring is 1. The molecule has 0 amide bonds. The van der Waals surface area contributed by atoms with Gasteiger partial charge in [0.05, 0.1) is 12.4 Å². The van der Waals surface area contributed by atoms with E-state index in [-0.39, 0.29) is 6.61 Å². The van der Waals surface area contributed by atoms with Crippen LogP contribution in [0.2, 0.25) is 0 Å². The summed E-state index contributed by atoms with van der Waals surface area (Å²) < 4.78 is 0. The summed E-state index contributed by atoms with van der Waals surface area (Å²) in [5.41, 5.74) is 5.58. The van der Waals surface area contributed by atoms with Crippen LogP contribution < -0.4 is 10.6 Å². The fourth-order valence-corrected chi connectivity index (χ4v) is 1.94. The van der Waals surface area contributed by atoms with Crippen molar-refractivity contribution in [3.63, 3.8) is 0 Å². The summed E-state index contributed by atoms with van der Waals surface area (Å²) >= 11 is 0. The average molecular weight is 208 g/mol. The molecule has 1 aromatic rings. The van der Waals surface area contributed by atoms with E-state index >= 15 is 0 Å². The summed E-state index contributed by atoms with van der Waals surface area (Å²) in [6.07, 6.45) is 5.43. The molecular weight excluding hydrogens is 192 g/mol. The SMILES string of the molecule is Nc1cncc(N2CCCC(CO)C2)n1. The number of aromatic nitrogens is 2. The van der Waals surface area contributed by atoms with E-state index in [9.17, 15) is 0 Å². The van der Waals surface area contributed by atoms with Crippen LogP contribution in [0.3, 0.4) is 0 Å². The van der Waals surface area contributed by atoms with Crippen molar-refractivity contribution < 1.29 is 5.11 Å². The van der Waals surface area contributed by atoms with Gasteiger partial charge in [0.2, 0.25) is 0 Å². The third-order valence-electron chi connectivity index (χ3n) is 2.74. The van der Waals surface area contributed by atoms with E-state index in [4.69, 9.17) is 10.8 Å². The van der Waals surface area contributed by atoms with Crippen LogP contribution in [0, 0.1) is 5.92 Å². The van der Waals surface area contributed by atoms with Crippen molar-refractivity contribution in [2.45, 2.75) is 12.8 Å². The van der Waals surface area contributed by atoms with Crippen molar-refractivity contribution in [3.8, 4) is 0 Å². The molecular formula is C10H16N4O. The molecule has 0 saturated carbocycles. The first kappa shape index (κ1) is 10.2. The van der Waals surface area contributed by atoms with Gasteiger partial charge in [-0.25, -0.2) is 4.98 Å². The number of nitrogens with two attached hydrogens (primary N) is 1. The van der Waals surface area contributed by atoms with Gasteiger partial charge in [0.25, 0.3) is 0 Å². The monoisotopic (exact) mass is 208 g/mol. The second-order valence-corrected chi connectivity index (χ2v) is 3.94. The molecule has 1 unspecified atom stereocenters. The normalized spacial score (nSPS) is 21.7. The molecule has 0 spiro atoms. The maximum Gasteiger partial charge on any atom is 0.149 e. The van der Waals surface area contributed by atoms with Crippen LogP contribution in [0.15, 0.2) is 12.4 Å². The van der Waals surface area contributed by atoms with E-state index in [2.05, 4.69) is 14.9 Å². The van der Waals surface area contributed by atoms with E-state index < -0.39 is 0 Å². The predicted octanol–water partition coefficient (Wildman–Crippen LogP) is 0.267. The lowest BCUT2D eigenvalue weighted by Crippen LogP contribution is -2.37. The molecule has 3 N–H and O–H groups in total. The van der Waals surface area contributed by atoms with E-state index in [1.807, 2.05) is 0 Å². The summed E-state index contributed by atoms with van der Waals surface area (Å²) in [5.74, 6) is 1.61. The van der Waals surface area contributed by atoms with Gasteiger partial charge in [-0.15, -0.1) is 0 Å². The Hall–Kier alpha value is -1.36. The average Bonchev–Trinajstić information content (AvgIpc) is 2.29. The van der Waals surface area contributed by atoms with Crippen LogP contribution in [0.4, 0.5) is 11.6 Å².